The molecule has 1 aromatic heterocycles. The summed E-state index contributed by atoms with van der Waals surface area (Å²) in [4.78, 5) is 16.0. The number of benzene rings is 1. The standard InChI is InChI=1S/C23H31N5O3S/c1-27(2)13-14-28(3)23(29)24-19-11-9-18(10-12-19)22-26-25-21(31-22)17-32-16-15-30-20-7-5-4-6-8-20/h5,7-12H,4,6,13-17H2,1-3H3,(H,24,29). The number of likely N-dealkylation sites (N-methyl/N-ethyl adjacent to an activating group) is 2. The Labute approximate surface area is 193 Å². The summed E-state index contributed by atoms with van der Waals surface area (Å²) >= 11 is 1.69. The first-order valence-corrected chi connectivity index (χ1v) is 11.8. The van der Waals surface area contributed by atoms with E-state index >= 15 is 0 Å². The van der Waals surface area contributed by atoms with Crippen molar-refractivity contribution < 1.29 is 13.9 Å². The van der Waals surface area contributed by atoms with Crippen molar-refractivity contribution in [3.63, 3.8) is 0 Å². The van der Waals surface area contributed by atoms with Crippen LogP contribution in [0.15, 0.2) is 52.7 Å². The van der Waals surface area contributed by atoms with Crippen LogP contribution < -0.4 is 5.32 Å². The molecule has 2 amide bonds. The minimum absolute atomic E-state index is 0.142. The number of carbonyl (C=O) groups is 1. The molecule has 0 fully saturated rings. The van der Waals surface area contributed by atoms with Crippen LogP contribution in [0.4, 0.5) is 10.5 Å². The first-order valence-electron chi connectivity index (χ1n) is 10.7. The minimum atomic E-state index is -0.142. The van der Waals surface area contributed by atoms with Gasteiger partial charge in [0.2, 0.25) is 11.8 Å². The Kier molecular flexibility index (Phi) is 9.18. The number of amides is 2. The van der Waals surface area contributed by atoms with Crippen molar-refractivity contribution >= 4 is 23.5 Å². The predicted octanol–water partition coefficient (Wildman–Crippen LogP) is 4.25. The van der Waals surface area contributed by atoms with Crippen LogP contribution in [0.5, 0.6) is 0 Å². The van der Waals surface area contributed by atoms with E-state index in [9.17, 15) is 4.79 Å². The normalized spacial score (nSPS) is 13.2. The SMILES string of the molecule is CN(C)CCN(C)C(=O)Nc1ccc(-c2nnc(CSCCOC3=CCCC=C3)o2)cc1. The molecule has 1 N–H and O–H groups in total. The molecule has 8 nitrogen and oxygen atoms in total. The summed E-state index contributed by atoms with van der Waals surface area (Å²) in [5.74, 6) is 3.49. The van der Waals surface area contributed by atoms with Gasteiger partial charge in [-0.3, -0.25) is 0 Å². The highest BCUT2D eigenvalue weighted by Gasteiger charge is 2.11. The largest absolute Gasteiger partial charge is 0.493 e. The Balaban J connectivity index is 1.41. The maximum absolute atomic E-state index is 12.3. The van der Waals surface area contributed by atoms with Crippen LogP contribution in [-0.4, -0.2) is 72.6 Å². The van der Waals surface area contributed by atoms with Gasteiger partial charge in [-0.25, -0.2) is 4.79 Å². The van der Waals surface area contributed by atoms with Crippen molar-refractivity contribution in [2.75, 3.05) is 51.9 Å². The van der Waals surface area contributed by atoms with Gasteiger partial charge >= 0.3 is 6.03 Å². The number of nitrogens with zero attached hydrogens (tertiary/aromatic N) is 4. The molecule has 0 atom stereocenters. The topological polar surface area (TPSA) is 83.7 Å². The number of rotatable bonds is 11. The lowest BCUT2D eigenvalue weighted by atomic mass is 10.2. The molecular formula is C23H31N5O3S. The van der Waals surface area contributed by atoms with Gasteiger partial charge in [0.25, 0.3) is 0 Å². The second kappa shape index (κ2) is 12.3. The van der Waals surface area contributed by atoms with Gasteiger partial charge in [0.1, 0.15) is 5.76 Å². The fourth-order valence-electron chi connectivity index (χ4n) is 2.87. The van der Waals surface area contributed by atoms with E-state index in [-0.39, 0.29) is 6.03 Å². The average molecular weight is 458 g/mol. The van der Waals surface area contributed by atoms with Gasteiger partial charge < -0.3 is 24.3 Å². The maximum Gasteiger partial charge on any atom is 0.321 e. The summed E-state index contributed by atoms with van der Waals surface area (Å²) in [7, 11) is 5.74. The monoisotopic (exact) mass is 457 g/mol. The molecule has 2 aromatic rings. The van der Waals surface area contributed by atoms with E-state index in [1.165, 1.54) is 0 Å². The van der Waals surface area contributed by atoms with Gasteiger partial charge in [0.15, 0.2) is 0 Å². The van der Waals surface area contributed by atoms with Crippen LogP contribution in [0.3, 0.4) is 0 Å². The summed E-state index contributed by atoms with van der Waals surface area (Å²) in [5.41, 5.74) is 1.53. The quantitative estimate of drug-likeness (QED) is 0.505. The van der Waals surface area contributed by atoms with Gasteiger partial charge in [0.05, 0.1) is 12.4 Å². The summed E-state index contributed by atoms with van der Waals surface area (Å²) in [6.07, 6.45) is 8.42. The van der Waals surface area contributed by atoms with Crippen LogP contribution >= 0.6 is 11.8 Å². The first-order chi connectivity index (χ1) is 15.5. The molecule has 3 rings (SSSR count). The summed E-state index contributed by atoms with van der Waals surface area (Å²) in [6, 6.07) is 7.24. The molecule has 0 spiro atoms. The number of ether oxygens (including phenoxy) is 1. The number of hydrogen-bond acceptors (Lipinski definition) is 7. The third-order valence-electron chi connectivity index (χ3n) is 4.76. The molecule has 1 aliphatic rings. The lowest BCUT2D eigenvalue weighted by Gasteiger charge is -2.20. The van der Waals surface area contributed by atoms with Crippen molar-refractivity contribution in [3.05, 3.63) is 54.1 Å². The molecule has 9 heteroatoms. The number of thioether (sulfide) groups is 1. The number of allylic oxidation sites excluding steroid dienone is 3. The second-order valence-electron chi connectivity index (χ2n) is 7.72. The molecule has 1 aromatic carbocycles. The van der Waals surface area contributed by atoms with E-state index in [4.69, 9.17) is 9.15 Å². The Morgan fingerprint density at radius 3 is 2.69 bits per heavy atom. The third kappa shape index (κ3) is 7.72. The van der Waals surface area contributed by atoms with Crippen molar-refractivity contribution in [1.29, 1.82) is 0 Å². The van der Waals surface area contributed by atoms with E-state index in [2.05, 4.69) is 27.7 Å². The van der Waals surface area contributed by atoms with Crippen molar-refractivity contribution in [2.24, 2.45) is 0 Å². The minimum Gasteiger partial charge on any atom is -0.493 e. The Morgan fingerprint density at radius 1 is 1.16 bits per heavy atom. The van der Waals surface area contributed by atoms with Crippen molar-refractivity contribution in [1.82, 2.24) is 20.0 Å². The molecule has 0 unspecified atom stereocenters. The van der Waals surface area contributed by atoms with Crippen molar-refractivity contribution in [3.8, 4) is 11.5 Å². The number of carbonyl (C=O) groups excluding carboxylic acids is 1. The predicted molar refractivity (Wildman–Crippen MR) is 129 cm³/mol. The molecule has 172 valence electrons. The Morgan fingerprint density at radius 2 is 1.97 bits per heavy atom. The van der Waals surface area contributed by atoms with Gasteiger partial charge in [0, 0.05) is 37.1 Å². The Hall–Kier alpha value is -2.78. The van der Waals surface area contributed by atoms with E-state index in [0.717, 1.165) is 36.5 Å². The van der Waals surface area contributed by atoms with Crippen LogP contribution in [0.2, 0.25) is 0 Å². The average Bonchev–Trinajstić information content (AvgIpc) is 3.27. The van der Waals surface area contributed by atoms with Crippen LogP contribution in [-0.2, 0) is 10.5 Å². The molecule has 0 saturated carbocycles. The lowest BCUT2D eigenvalue weighted by Crippen LogP contribution is -2.36. The van der Waals surface area contributed by atoms with Gasteiger partial charge in [-0.2, -0.15) is 0 Å². The van der Waals surface area contributed by atoms with E-state index in [1.807, 2.05) is 49.3 Å². The molecule has 0 saturated heterocycles. The van der Waals surface area contributed by atoms with Crippen molar-refractivity contribution in [2.45, 2.75) is 18.6 Å². The van der Waals surface area contributed by atoms with Gasteiger partial charge in [-0.15, -0.1) is 22.0 Å². The number of aromatic nitrogens is 2. The number of hydrogen-bond donors (Lipinski definition) is 1. The molecule has 32 heavy (non-hydrogen) atoms. The van der Waals surface area contributed by atoms with Crippen LogP contribution in [0, 0.1) is 0 Å². The molecule has 0 bridgehead atoms. The van der Waals surface area contributed by atoms with Crippen LogP contribution in [0.1, 0.15) is 18.7 Å². The highest BCUT2D eigenvalue weighted by Crippen LogP contribution is 2.22. The number of urea groups is 1. The lowest BCUT2D eigenvalue weighted by molar-refractivity contribution is 0.217. The smallest absolute Gasteiger partial charge is 0.321 e. The maximum atomic E-state index is 12.3. The molecule has 0 aliphatic heterocycles. The van der Waals surface area contributed by atoms with E-state index in [0.29, 0.717) is 36.4 Å². The zero-order chi connectivity index (χ0) is 22.8. The molecule has 1 heterocycles. The second-order valence-corrected chi connectivity index (χ2v) is 8.83. The van der Waals surface area contributed by atoms with Gasteiger partial charge in [-0.05, 0) is 63.4 Å². The zero-order valence-electron chi connectivity index (χ0n) is 18.9. The number of nitrogens with one attached hydrogen (secondary N) is 1. The van der Waals surface area contributed by atoms with E-state index in [1.54, 1.807) is 23.7 Å². The van der Waals surface area contributed by atoms with Crippen LogP contribution in [0.25, 0.3) is 11.5 Å². The molecule has 0 radical (unpaired) electrons. The summed E-state index contributed by atoms with van der Waals surface area (Å²) < 4.78 is 11.5. The molecular weight excluding hydrogens is 426 g/mol. The fraction of sp³-hybridized carbons (Fsp3) is 0.435. The first kappa shape index (κ1) is 23.9. The summed E-state index contributed by atoms with van der Waals surface area (Å²) in [6.45, 7) is 2.11. The Bertz CT molecular complexity index is 924. The fourth-order valence-corrected chi connectivity index (χ4v) is 3.51. The highest BCUT2D eigenvalue weighted by molar-refractivity contribution is 7.98. The number of anilines is 1. The summed E-state index contributed by atoms with van der Waals surface area (Å²) in [5, 5.41) is 11.2. The van der Waals surface area contributed by atoms with E-state index < -0.39 is 0 Å². The third-order valence-corrected chi connectivity index (χ3v) is 5.67. The van der Waals surface area contributed by atoms with Gasteiger partial charge in [-0.1, -0.05) is 6.08 Å². The zero-order valence-corrected chi connectivity index (χ0v) is 19.7. The highest BCUT2D eigenvalue weighted by atomic mass is 32.2. The molecule has 1 aliphatic carbocycles.